The van der Waals surface area contributed by atoms with Gasteiger partial charge in [0.05, 0.1) is 10.6 Å². The van der Waals surface area contributed by atoms with Crippen molar-refractivity contribution >= 4 is 27.6 Å². The molecule has 110 valence electrons. The molecule has 0 radical (unpaired) electrons. The van der Waals surface area contributed by atoms with Crippen molar-refractivity contribution in [1.82, 2.24) is 4.31 Å². The maximum absolute atomic E-state index is 12.6. The zero-order valence-corrected chi connectivity index (χ0v) is 12.8. The van der Waals surface area contributed by atoms with E-state index in [2.05, 4.69) is 0 Å². The van der Waals surface area contributed by atoms with Crippen LogP contribution in [0.15, 0.2) is 23.1 Å². The third-order valence-corrected chi connectivity index (χ3v) is 5.77. The smallest absolute Gasteiger partial charge is 0.335 e. The van der Waals surface area contributed by atoms with E-state index < -0.39 is 16.0 Å². The Hall–Kier alpha value is -1.11. The molecule has 1 heterocycles. The lowest BCUT2D eigenvalue weighted by Gasteiger charge is -2.20. The number of aromatic carboxylic acids is 1. The second kappa shape index (κ2) is 5.02. The predicted molar refractivity (Wildman–Crippen MR) is 75.6 cm³/mol. The predicted octanol–water partition coefficient (Wildman–Crippen LogP) is 2.46. The van der Waals surface area contributed by atoms with Gasteiger partial charge in [0.25, 0.3) is 0 Å². The number of benzene rings is 1. The van der Waals surface area contributed by atoms with Gasteiger partial charge in [-0.3, -0.25) is 0 Å². The van der Waals surface area contributed by atoms with Crippen LogP contribution in [0.2, 0.25) is 5.02 Å². The number of halogens is 1. The van der Waals surface area contributed by atoms with Crippen LogP contribution in [0.4, 0.5) is 0 Å². The van der Waals surface area contributed by atoms with Crippen molar-refractivity contribution in [2.45, 2.75) is 25.2 Å². The van der Waals surface area contributed by atoms with E-state index in [1.807, 2.05) is 13.8 Å². The monoisotopic (exact) mass is 317 g/mol. The first kappa shape index (κ1) is 15.3. The Kier molecular flexibility index (Phi) is 3.83. The first-order valence-electron chi connectivity index (χ1n) is 6.16. The van der Waals surface area contributed by atoms with Crippen LogP contribution in [0.3, 0.4) is 0 Å². The summed E-state index contributed by atoms with van der Waals surface area (Å²) in [6, 6.07) is 3.71. The van der Waals surface area contributed by atoms with E-state index >= 15 is 0 Å². The third kappa shape index (κ3) is 2.82. The topological polar surface area (TPSA) is 74.7 Å². The van der Waals surface area contributed by atoms with Crippen molar-refractivity contribution in [3.05, 3.63) is 28.8 Å². The van der Waals surface area contributed by atoms with E-state index in [0.29, 0.717) is 13.1 Å². The molecule has 0 atom stereocenters. The Balaban J connectivity index is 2.45. The maximum Gasteiger partial charge on any atom is 0.335 e. The number of sulfonamides is 1. The maximum atomic E-state index is 12.6. The van der Waals surface area contributed by atoms with Gasteiger partial charge < -0.3 is 5.11 Å². The molecule has 1 aromatic carbocycles. The van der Waals surface area contributed by atoms with Crippen molar-refractivity contribution in [1.29, 1.82) is 0 Å². The number of carboxylic acid groups (broad SMARTS) is 1. The van der Waals surface area contributed by atoms with Gasteiger partial charge in [-0.25, -0.2) is 13.2 Å². The highest BCUT2D eigenvalue weighted by Gasteiger charge is 2.37. The second-order valence-electron chi connectivity index (χ2n) is 5.70. The fourth-order valence-electron chi connectivity index (χ4n) is 2.24. The van der Waals surface area contributed by atoms with Gasteiger partial charge in [0, 0.05) is 13.1 Å². The van der Waals surface area contributed by atoms with Crippen molar-refractivity contribution < 1.29 is 18.3 Å². The molecule has 1 aromatic rings. The number of hydrogen-bond acceptors (Lipinski definition) is 3. The number of carbonyl (C=O) groups is 1. The zero-order chi connectivity index (χ0) is 15.1. The number of nitrogens with zero attached hydrogens (tertiary/aromatic N) is 1. The zero-order valence-electron chi connectivity index (χ0n) is 11.3. The average Bonchev–Trinajstić information content (AvgIpc) is 2.70. The normalized spacial score (nSPS) is 19.1. The molecule has 7 heteroatoms. The van der Waals surface area contributed by atoms with Gasteiger partial charge in [0.1, 0.15) is 4.90 Å². The molecule has 0 aliphatic carbocycles. The Morgan fingerprint density at radius 3 is 2.55 bits per heavy atom. The highest BCUT2D eigenvalue weighted by molar-refractivity contribution is 7.89. The number of carboxylic acids is 1. The molecule has 2 rings (SSSR count). The summed E-state index contributed by atoms with van der Waals surface area (Å²) in [6.45, 7) is 4.82. The summed E-state index contributed by atoms with van der Waals surface area (Å²) in [7, 11) is -3.76. The minimum absolute atomic E-state index is 0.0414. The fourth-order valence-corrected chi connectivity index (χ4v) is 4.37. The lowest BCUT2D eigenvalue weighted by Crippen LogP contribution is -2.30. The van der Waals surface area contributed by atoms with Crippen LogP contribution in [-0.4, -0.2) is 36.9 Å². The van der Waals surface area contributed by atoms with Gasteiger partial charge in [-0.1, -0.05) is 25.4 Å². The number of hydrogen-bond donors (Lipinski definition) is 1. The summed E-state index contributed by atoms with van der Waals surface area (Å²) in [5.74, 6) is -1.18. The summed E-state index contributed by atoms with van der Waals surface area (Å²) in [5.41, 5.74) is -0.171. The molecule has 0 bridgehead atoms. The first-order chi connectivity index (χ1) is 9.13. The van der Waals surface area contributed by atoms with Crippen molar-refractivity contribution in [3.8, 4) is 0 Å². The number of rotatable bonds is 3. The van der Waals surface area contributed by atoms with Crippen LogP contribution in [0, 0.1) is 5.41 Å². The summed E-state index contributed by atoms with van der Waals surface area (Å²) in [4.78, 5) is 10.8. The minimum atomic E-state index is -3.76. The van der Waals surface area contributed by atoms with Crippen LogP contribution >= 0.6 is 11.6 Å². The molecule has 1 saturated heterocycles. The molecule has 0 amide bonds. The minimum Gasteiger partial charge on any atom is -0.478 e. The first-order valence-corrected chi connectivity index (χ1v) is 7.98. The molecule has 1 aliphatic rings. The van der Waals surface area contributed by atoms with Gasteiger partial charge in [-0.05, 0) is 30.0 Å². The summed E-state index contributed by atoms with van der Waals surface area (Å²) >= 11 is 5.94. The Morgan fingerprint density at radius 2 is 2.05 bits per heavy atom. The van der Waals surface area contributed by atoms with Crippen molar-refractivity contribution in [2.24, 2.45) is 5.41 Å². The van der Waals surface area contributed by atoms with Gasteiger partial charge in [0.2, 0.25) is 10.0 Å². The Morgan fingerprint density at radius 1 is 1.40 bits per heavy atom. The molecule has 0 aromatic heterocycles. The molecule has 0 unspecified atom stereocenters. The lowest BCUT2D eigenvalue weighted by molar-refractivity contribution is 0.0696. The van der Waals surface area contributed by atoms with E-state index in [-0.39, 0.29) is 20.9 Å². The SMILES string of the molecule is CC1(C)CCN(S(=O)(=O)c2cc(C(=O)O)ccc2Cl)C1. The van der Waals surface area contributed by atoms with E-state index in [9.17, 15) is 13.2 Å². The van der Waals surface area contributed by atoms with Gasteiger partial charge >= 0.3 is 5.97 Å². The quantitative estimate of drug-likeness (QED) is 0.929. The molecule has 5 nitrogen and oxygen atoms in total. The molecule has 20 heavy (non-hydrogen) atoms. The summed E-state index contributed by atoms with van der Waals surface area (Å²) in [6.07, 6.45) is 0.766. The third-order valence-electron chi connectivity index (χ3n) is 3.44. The van der Waals surface area contributed by atoms with Crippen LogP contribution in [0.5, 0.6) is 0 Å². The summed E-state index contributed by atoms with van der Waals surface area (Å²) in [5, 5.41) is 9.00. The van der Waals surface area contributed by atoms with Gasteiger partial charge in [-0.15, -0.1) is 0 Å². The van der Waals surface area contributed by atoms with E-state index in [1.54, 1.807) is 0 Å². The van der Waals surface area contributed by atoms with Crippen molar-refractivity contribution in [3.63, 3.8) is 0 Å². The van der Waals surface area contributed by atoms with Crippen LogP contribution < -0.4 is 0 Å². The van der Waals surface area contributed by atoms with Crippen LogP contribution in [0.1, 0.15) is 30.6 Å². The van der Waals surface area contributed by atoms with E-state index in [4.69, 9.17) is 16.7 Å². The molecule has 1 aliphatic heterocycles. The van der Waals surface area contributed by atoms with Crippen molar-refractivity contribution in [2.75, 3.05) is 13.1 Å². The highest BCUT2D eigenvalue weighted by atomic mass is 35.5. The summed E-state index contributed by atoms with van der Waals surface area (Å²) < 4.78 is 26.5. The molecule has 1 N–H and O–H groups in total. The van der Waals surface area contributed by atoms with Gasteiger partial charge in [0.15, 0.2) is 0 Å². The Bertz CT molecular complexity index is 654. The second-order valence-corrected chi connectivity index (χ2v) is 8.02. The highest BCUT2D eigenvalue weighted by Crippen LogP contribution is 2.34. The van der Waals surface area contributed by atoms with Crippen LogP contribution in [0.25, 0.3) is 0 Å². The molecule has 1 fully saturated rings. The lowest BCUT2D eigenvalue weighted by atomic mass is 9.93. The van der Waals surface area contributed by atoms with E-state index in [1.165, 1.54) is 16.4 Å². The Labute approximate surface area is 123 Å². The van der Waals surface area contributed by atoms with Crippen LogP contribution in [-0.2, 0) is 10.0 Å². The molecular formula is C13H16ClNO4S. The molecule has 0 saturated carbocycles. The molecule has 0 spiro atoms. The van der Waals surface area contributed by atoms with E-state index in [0.717, 1.165) is 12.5 Å². The fraction of sp³-hybridized carbons (Fsp3) is 0.462. The van der Waals surface area contributed by atoms with Gasteiger partial charge in [-0.2, -0.15) is 4.31 Å². The average molecular weight is 318 g/mol. The standard InChI is InChI=1S/C13H16ClNO4S/c1-13(2)5-6-15(8-13)20(18,19)11-7-9(12(16)17)3-4-10(11)14/h3-4,7H,5-6,8H2,1-2H3,(H,16,17). The largest absolute Gasteiger partial charge is 0.478 e. The molecular weight excluding hydrogens is 302 g/mol.